The largest absolute Gasteiger partial charge is 0.487 e. The molecule has 0 spiro atoms. The number of nitrogens with zero attached hydrogens (tertiary/aromatic N) is 3. The van der Waals surface area contributed by atoms with E-state index in [9.17, 15) is 14.0 Å². The molecule has 2 heterocycles. The molecule has 26 heavy (non-hydrogen) atoms. The van der Waals surface area contributed by atoms with Gasteiger partial charge in [0.2, 0.25) is 5.91 Å². The van der Waals surface area contributed by atoms with Gasteiger partial charge in [0, 0.05) is 25.7 Å². The monoisotopic (exact) mass is 360 g/mol. The Labute approximate surface area is 150 Å². The zero-order valence-corrected chi connectivity index (χ0v) is 14.7. The highest BCUT2D eigenvalue weighted by Gasteiger charge is 2.34. The van der Waals surface area contributed by atoms with Gasteiger partial charge in [0.1, 0.15) is 24.2 Å². The van der Waals surface area contributed by atoms with Crippen molar-refractivity contribution >= 4 is 11.8 Å². The molecule has 2 aromatic rings. The average Bonchev–Trinajstić information content (AvgIpc) is 3.11. The van der Waals surface area contributed by atoms with E-state index >= 15 is 0 Å². The van der Waals surface area contributed by atoms with Gasteiger partial charge < -0.3 is 14.5 Å². The summed E-state index contributed by atoms with van der Waals surface area (Å²) in [6.45, 7) is 5.40. The van der Waals surface area contributed by atoms with Crippen LogP contribution in [0.4, 0.5) is 4.39 Å². The Hall–Kier alpha value is -2.90. The van der Waals surface area contributed by atoms with Crippen molar-refractivity contribution in [1.82, 2.24) is 20.0 Å². The van der Waals surface area contributed by atoms with E-state index in [0.29, 0.717) is 31.1 Å². The number of carbonyl (C=O) groups excluding carboxylic acids is 2. The summed E-state index contributed by atoms with van der Waals surface area (Å²) in [5.74, 6) is -0.345. The van der Waals surface area contributed by atoms with Crippen LogP contribution in [0.2, 0.25) is 0 Å². The summed E-state index contributed by atoms with van der Waals surface area (Å²) >= 11 is 0. The summed E-state index contributed by atoms with van der Waals surface area (Å²) in [5.41, 5.74) is 0.816. The fourth-order valence-corrected chi connectivity index (χ4v) is 2.93. The number of ether oxygens (including phenoxy) is 1. The number of amides is 2. The first-order valence-electron chi connectivity index (χ1n) is 8.52. The fourth-order valence-electron chi connectivity index (χ4n) is 2.93. The molecular formula is C18H21FN4O3. The topological polar surface area (TPSA) is 78.5 Å². The number of likely N-dealkylation sites (N-methyl/N-ethyl adjacent to an activating group) is 1. The van der Waals surface area contributed by atoms with Crippen molar-refractivity contribution in [3.8, 4) is 5.75 Å². The van der Waals surface area contributed by atoms with Gasteiger partial charge in [-0.25, -0.2) is 4.39 Å². The molecule has 1 fully saturated rings. The second-order valence-corrected chi connectivity index (χ2v) is 6.12. The Kier molecular flexibility index (Phi) is 5.20. The third-order valence-corrected chi connectivity index (χ3v) is 4.43. The summed E-state index contributed by atoms with van der Waals surface area (Å²) in [4.78, 5) is 28.2. The number of aromatic nitrogens is 2. The molecular weight excluding hydrogens is 339 g/mol. The lowest BCUT2D eigenvalue weighted by Crippen LogP contribution is -2.57. The molecule has 0 aliphatic carbocycles. The lowest BCUT2D eigenvalue weighted by molar-refractivity contribution is -0.139. The van der Waals surface area contributed by atoms with Crippen LogP contribution in [-0.4, -0.2) is 57.5 Å². The Morgan fingerprint density at radius 2 is 2.19 bits per heavy atom. The van der Waals surface area contributed by atoms with Crippen molar-refractivity contribution in [2.24, 2.45) is 0 Å². The van der Waals surface area contributed by atoms with Crippen LogP contribution in [0.15, 0.2) is 30.3 Å². The normalized spacial score (nSPS) is 17.5. The van der Waals surface area contributed by atoms with Gasteiger partial charge in [0.05, 0.1) is 5.69 Å². The summed E-state index contributed by atoms with van der Waals surface area (Å²) in [6, 6.07) is 6.89. The predicted molar refractivity (Wildman–Crippen MR) is 92.1 cm³/mol. The molecule has 1 N–H and O–H groups in total. The van der Waals surface area contributed by atoms with Crippen molar-refractivity contribution in [3.63, 3.8) is 0 Å². The van der Waals surface area contributed by atoms with Crippen LogP contribution in [0.3, 0.4) is 0 Å². The second kappa shape index (κ2) is 7.55. The number of hydrogen-bond acceptors (Lipinski definition) is 4. The first-order valence-corrected chi connectivity index (χ1v) is 8.52. The van der Waals surface area contributed by atoms with Crippen LogP contribution in [0, 0.1) is 5.82 Å². The first kappa shape index (κ1) is 17.9. The summed E-state index contributed by atoms with van der Waals surface area (Å²) in [5, 5.41) is 6.77. The van der Waals surface area contributed by atoms with Crippen molar-refractivity contribution in [2.75, 3.05) is 19.6 Å². The summed E-state index contributed by atoms with van der Waals surface area (Å²) in [7, 11) is 0. The van der Waals surface area contributed by atoms with Crippen LogP contribution in [-0.2, 0) is 11.4 Å². The standard InChI is InChI=1S/C18H21FN4O3/c1-3-22-7-8-23(12(2)17(22)24)18(25)16-10-14(20-21-16)11-26-15-6-4-5-13(19)9-15/h4-6,9-10,12H,3,7-8,11H2,1-2H3,(H,20,21). The molecule has 0 saturated carbocycles. The number of H-pyrrole nitrogens is 1. The molecule has 1 saturated heterocycles. The van der Waals surface area contributed by atoms with E-state index in [-0.39, 0.29) is 29.9 Å². The Bertz CT molecular complexity index is 807. The van der Waals surface area contributed by atoms with E-state index in [4.69, 9.17) is 4.74 Å². The zero-order valence-electron chi connectivity index (χ0n) is 14.7. The average molecular weight is 360 g/mol. The van der Waals surface area contributed by atoms with E-state index in [0.717, 1.165) is 0 Å². The number of halogens is 1. The lowest BCUT2D eigenvalue weighted by Gasteiger charge is -2.38. The number of nitrogens with one attached hydrogen (secondary N) is 1. The third-order valence-electron chi connectivity index (χ3n) is 4.43. The molecule has 138 valence electrons. The first-order chi connectivity index (χ1) is 12.5. The van der Waals surface area contributed by atoms with E-state index < -0.39 is 6.04 Å². The van der Waals surface area contributed by atoms with Crippen molar-refractivity contribution in [3.05, 3.63) is 47.5 Å². The highest BCUT2D eigenvalue weighted by molar-refractivity contribution is 5.96. The van der Waals surface area contributed by atoms with Gasteiger partial charge in [-0.3, -0.25) is 14.7 Å². The summed E-state index contributed by atoms with van der Waals surface area (Å²) in [6.07, 6.45) is 0. The van der Waals surface area contributed by atoms with Gasteiger partial charge in [0.25, 0.3) is 5.91 Å². The van der Waals surface area contributed by atoms with Crippen LogP contribution < -0.4 is 4.74 Å². The van der Waals surface area contributed by atoms with Crippen LogP contribution in [0.25, 0.3) is 0 Å². The molecule has 1 aromatic heterocycles. The van der Waals surface area contributed by atoms with E-state index in [2.05, 4.69) is 10.2 Å². The van der Waals surface area contributed by atoms with Crippen LogP contribution in [0.1, 0.15) is 30.0 Å². The molecule has 8 heteroatoms. The quantitative estimate of drug-likeness (QED) is 0.882. The zero-order chi connectivity index (χ0) is 18.7. The second-order valence-electron chi connectivity index (χ2n) is 6.12. The highest BCUT2D eigenvalue weighted by atomic mass is 19.1. The number of carbonyl (C=O) groups is 2. The van der Waals surface area contributed by atoms with E-state index in [1.807, 2.05) is 6.92 Å². The molecule has 7 nitrogen and oxygen atoms in total. The number of benzene rings is 1. The van der Waals surface area contributed by atoms with Crippen molar-refractivity contribution < 1.29 is 18.7 Å². The van der Waals surface area contributed by atoms with Gasteiger partial charge in [-0.05, 0) is 32.0 Å². The fraction of sp³-hybridized carbons (Fsp3) is 0.389. The van der Waals surface area contributed by atoms with E-state index in [1.165, 1.54) is 17.0 Å². The number of piperazine rings is 1. The van der Waals surface area contributed by atoms with Gasteiger partial charge in [0.15, 0.2) is 5.69 Å². The summed E-state index contributed by atoms with van der Waals surface area (Å²) < 4.78 is 18.6. The maximum atomic E-state index is 13.1. The predicted octanol–water partition coefficient (Wildman–Crippen LogP) is 1.82. The Balaban J connectivity index is 1.64. The molecule has 0 bridgehead atoms. The minimum absolute atomic E-state index is 0.0581. The molecule has 1 aliphatic heterocycles. The number of aromatic amines is 1. The van der Waals surface area contributed by atoms with E-state index in [1.54, 1.807) is 30.0 Å². The van der Waals surface area contributed by atoms with Gasteiger partial charge in [-0.1, -0.05) is 6.07 Å². The Morgan fingerprint density at radius 1 is 1.38 bits per heavy atom. The van der Waals surface area contributed by atoms with Gasteiger partial charge in [-0.2, -0.15) is 5.10 Å². The van der Waals surface area contributed by atoms with Crippen LogP contribution >= 0.6 is 0 Å². The number of rotatable bonds is 5. The third kappa shape index (κ3) is 3.68. The SMILES string of the molecule is CCN1CCN(C(=O)c2cc(COc3cccc(F)c3)[nH]n2)C(C)C1=O. The molecule has 1 aromatic carbocycles. The molecule has 0 radical (unpaired) electrons. The smallest absolute Gasteiger partial charge is 0.275 e. The lowest BCUT2D eigenvalue weighted by atomic mass is 10.1. The van der Waals surface area contributed by atoms with Gasteiger partial charge >= 0.3 is 0 Å². The molecule has 3 rings (SSSR count). The maximum Gasteiger partial charge on any atom is 0.275 e. The van der Waals surface area contributed by atoms with Crippen molar-refractivity contribution in [2.45, 2.75) is 26.5 Å². The van der Waals surface area contributed by atoms with Crippen molar-refractivity contribution in [1.29, 1.82) is 0 Å². The molecule has 1 unspecified atom stereocenters. The molecule has 1 atom stereocenters. The minimum Gasteiger partial charge on any atom is -0.487 e. The van der Waals surface area contributed by atoms with Crippen LogP contribution in [0.5, 0.6) is 5.75 Å². The minimum atomic E-state index is -0.514. The maximum absolute atomic E-state index is 13.1. The Morgan fingerprint density at radius 3 is 2.92 bits per heavy atom. The molecule has 1 aliphatic rings. The number of hydrogen-bond donors (Lipinski definition) is 1. The molecule has 2 amide bonds. The highest BCUT2D eigenvalue weighted by Crippen LogP contribution is 2.16. The van der Waals surface area contributed by atoms with Gasteiger partial charge in [-0.15, -0.1) is 0 Å².